The zero-order valence-corrected chi connectivity index (χ0v) is 20.4. The van der Waals surface area contributed by atoms with Gasteiger partial charge in [-0.25, -0.2) is 4.79 Å². The Bertz CT molecular complexity index is 1250. The molecular formula is C28H24BrNO4. The Morgan fingerprint density at radius 1 is 1.06 bits per heavy atom. The molecule has 4 rings (SSSR count). The maximum atomic E-state index is 12.5. The van der Waals surface area contributed by atoms with E-state index >= 15 is 0 Å². The monoisotopic (exact) mass is 517 g/mol. The second-order valence-electron chi connectivity index (χ2n) is 7.59. The van der Waals surface area contributed by atoms with Crippen LogP contribution in [-0.2, 0) is 22.7 Å². The molecule has 0 aromatic heterocycles. The molecule has 0 aliphatic carbocycles. The molecule has 0 N–H and O–H groups in total. The summed E-state index contributed by atoms with van der Waals surface area (Å²) in [6, 6.07) is 21.3. The van der Waals surface area contributed by atoms with Crippen LogP contribution in [0.15, 0.2) is 94.6 Å². The van der Waals surface area contributed by atoms with Gasteiger partial charge < -0.3 is 14.3 Å². The summed E-state index contributed by atoms with van der Waals surface area (Å²) < 4.78 is 13.2. The summed E-state index contributed by atoms with van der Waals surface area (Å²) in [6.45, 7) is 6.68. The van der Waals surface area contributed by atoms with Crippen LogP contribution in [-0.4, -0.2) is 18.3 Å². The van der Waals surface area contributed by atoms with E-state index in [0.29, 0.717) is 42.4 Å². The molecule has 1 aliphatic rings. The first kappa shape index (κ1) is 23.5. The van der Waals surface area contributed by atoms with Crippen molar-refractivity contribution in [3.05, 3.63) is 112 Å². The van der Waals surface area contributed by atoms with E-state index in [1.54, 1.807) is 6.08 Å². The van der Waals surface area contributed by atoms with E-state index in [9.17, 15) is 4.79 Å². The summed E-state index contributed by atoms with van der Waals surface area (Å²) in [5.41, 5.74) is 4.44. The van der Waals surface area contributed by atoms with Crippen molar-refractivity contribution in [3.63, 3.8) is 0 Å². The van der Waals surface area contributed by atoms with Gasteiger partial charge in [0.05, 0.1) is 12.2 Å². The minimum absolute atomic E-state index is 0.390. The Kier molecular flexibility index (Phi) is 7.60. The van der Waals surface area contributed by atoms with Crippen molar-refractivity contribution in [3.8, 4) is 11.5 Å². The van der Waals surface area contributed by atoms with Crippen LogP contribution >= 0.6 is 15.9 Å². The first-order chi connectivity index (χ1) is 16.6. The molecule has 0 saturated heterocycles. The zero-order valence-electron chi connectivity index (χ0n) is 18.8. The number of carbonyl (C=O) groups is 1. The normalized spacial score (nSPS) is 14.0. The Hall–Kier alpha value is -3.64. The minimum atomic E-state index is -0.488. The van der Waals surface area contributed by atoms with Gasteiger partial charge in [0.15, 0.2) is 11.5 Å². The van der Waals surface area contributed by atoms with Crippen LogP contribution in [0.1, 0.15) is 29.2 Å². The predicted octanol–water partition coefficient (Wildman–Crippen LogP) is 6.50. The number of ether oxygens (including phenoxy) is 2. The molecule has 0 fully saturated rings. The molecule has 0 saturated carbocycles. The van der Waals surface area contributed by atoms with Gasteiger partial charge in [0.2, 0.25) is 0 Å². The standard InChI is InChI=1S/C28H24BrNO4/c1-3-8-22-15-20(16-24-26(30-34-28(24)31)21-9-6-5-7-10-21)17-25(32-4-2)27(22)33-18-19-11-13-23(29)14-12-19/h3,5-7,9-17H,1,4,8,18H2,2H3/b24-16-. The minimum Gasteiger partial charge on any atom is -0.490 e. The molecule has 0 atom stereocenters. The first-order valence-corrected chi connectivity index (χ1v) is 11.7. The van der Waals surface area contributed by atoms with Gasteiger partial charge in [-0.15, -0.1) is 6.58 Å². The summed E-state index contributed by atoms with van der Waals surface area (Å²) in [5, 5.41) is 3.99. The number of carbonyl (C=O) groups excluding carboxylic acids is 1. The third-order valence-electron chi connectivity index (χ3n) is 5.17. The van der Waals surface area contributed by atoms with Crippen molar-refractivity contribution in [2.45, 2.75) is 20.0 Å². The second kappa shape index (κ2) is 11.0. The summed E-state index contributed by atoms with van der Waals surface area (Å²) >= 11 is 3.45. The summed E-state index contributed by atoms with van der Waals surface area (Å²) in [4.78, 5) is 17.4. The van der Waals surface area contributed by atoms with Crippen molar-refractivity contribution < 1.29 is 19.1 Å². The highest BCUT2D eigenvalue weighted by Gasteiger charge is 2.27. The number of halogens is 1. The Balaban J connectivity index is 1.70. The highest BCUT2D eigenvalue weighted by atomic mass is 79.9. The average Bonchev–Trinajstić information content (AvgIpc) is 3.20. The number of nitrogens with zero attached hydrogens (tertiary/aromatic N) is 1. The summed E-state index contributed by atoms with van der Waals surface area (Å²) in [6.07, 6.45) is 4.17. The molecule has 5 nitrogen and oxygen atoms in total. The van der Waals surface area contributed by atoms with E-state index in [4.69, 9.17) is 14.3 Å². The van der Waals surface area contributed by atoms with Crippen molar-refractivity contribution in [2.75, 3.05) is 6.61 Å². The average molecular weight is 518 g/mol. The van der Waals surface area contributed by atoms with E-state index < -0.39 is 5.97 Å². The maximum Gasteiger partial charge on any atom is 0.368 e. The lowest BCUT2D eigenvalue weighted by molar-refractivity contribution is -0.136. The van der Waals surface area contributed by atoms with Crippen molar-refractivity contribution in [1.82, 2.24) is 0 Å². The van der Waals surface area contributed by atoms with Crippen LogP contribution in [0.3, 0.4) is 0 Å². The molecule has 3 aromatic carbocycles. The highest BCUT2D eigenvalue weighted by Crippen LogP contribution is 2.36. The summed E-state index contributed by atoms with van der Waals surface area (Å²) in [5.74, 6) is 0.783. The Morgan fingerprint density at radius 3 is 2.53 bits per heavy atom. The number of benzene rings is 3. The van der Waals surface area contributed by atoms with E-state index in [2.05, 4.69) is 27.7 Å². The molecule has 0 spiro atoms. The molecule has 1 heterocycles. The molecule has 0 bridgehead atoms. The van der Waals surface area contributed by atoms with Gasteiger partial charge in [-0.2, -0.15) is 0 Å². The fourth-order valence-electron chi connectivity index (χ4n) is 3.62. The second-order valence-corrected chi connectivity index (χ2v) is 8.51. The molecule has 0 unspecified atom stereocenters. The third kappa shape index (κ3) is 5.46. The topological polar surface area (TPSA) is 57.1 Å². The van der Waals surface area contributed by atoms with Crippen molar-refractivity contribution in [2.24, 2.45) is 5.16 Å². The quantitative estimate of drug-likeness (QED) is 0.184. The van der Waals surface area contributed by atoms with Gasteiger partial charge in [0.1, 0.15) is 12.3 Å². The van der Waals surface area contributed by atoms with Gasteiger partial charge in [-0.1, -0.05) is 69.6 Å². The molecule has 0 amide bonds. The van der Waals surface area contributed by atoms with E-state index in [1.807, 2.05) is 79.7 Å². The zero-order chi connectivity index (χ0) is 23.9. The van der Waals surface area contributed by atoms with Crippen LogP contribution in [0, 0.1) is 0 Å². The third-order valence-corrected chi connectivity index (χ3v) is 5.70. The van der Waals surface area contributed by atoms with Crippen molar-refractivity contribution >= 4 is 33.7 Å². The molecule has 1 aliphatic heterocycles. The number of allylic oxidation sites excluding steroid dienone is 1. The fraction of sp³-hybridized carbons (Fsp3) is 0.143. The van der Waals surface area contributed by atoms with Gasteiger partial charge in [0, 0.05) is 15.6 Å². The molecule has 34 heavy (non-hydrogen) atoms. The maximum absolute atomic E-state index is 12.5. The predicted molar refractivity (Wildman–Crippen MR) is 137 cm³/mol. The van der Waals surface area contributed by atoms with E-state index in [0.717, 1.165) is 26.7 Å². The Labute approximate surface area is 207 Å². The Morgan fingerprint density at radius 2 is 1.82 bits per heavy atom. The van der Waals surface area contributed by atoms with Gasteiger partial charge in [0.25, 0.3) is 0 Å². The SMILES string of the molecule is C=CCc1cc(/C=C2\C(=O)ON=C2c2ccccc2)cc(OCC)c1OCc1ccc(Br)cc1. The lowest BCUT2D eigenvalue weighted by Crippen LogP contribution is -2.07. The molecule has 0 radical (unpaired) electrons. The van der Waals surface area contributed by atoms with Crippen molar-refractivity contribution in [1.29, 1.82) is 0 Å². The fourth-order valence-corrected chi connectivity index (χ4v) is 3.88. The van der Waals surface area contributed by atoms with Gasteiger partial charge in [-0.05, 0) is 54.8 Å². The van der Waals surface area contributed by atoms with Crippen LogP contribution in [0.25, 0.3) is 6.08 Å². The molecule has 172 valence electrons. The molecule has 6 heteroatoms. The number of hydrogen-bond donors (Lipinski definition) is 0. The van der Waals surface area contributed by atoms with Crippen LogP contribution < -0.4 is 9.47 Å². The van der Waals surface area contributed by atoms with Crippen LogP contribution in [0.5, 0.6) is 11.5 Å². The highest BCUT2D eigenvalue weighted by molar-refractivity contribution is 9.10. The van der Waals surface area contributed by atoms with Crippen LogP contribution in [0.2, 0.25) is 0 Å². The summed E-state index contributed by atoms with van der Waals surface area (Å²) in [7, 11) is 0. The smallest absolute Gasteiger partial charge is 0.368 e. The largest absolute Gasteiger partial charge is 0.490 e. The molecular weight excluding hydrogens is 494 g/mol. The number of hydrogen-bond acceptors (Lipinski definition) is 5. The lowest BCUT2D eigenvalue weighted by atomic mass is 9.99. The van der Waals surface area contributed by atoms with Crippen LogP contribution in [0.4, 0.5) is 0 Å². The van der Waals surface area contributed by atoms with E-state index in [1.165, 1.54) is 0 Å². The number of oxime groups is 1. The van der Waals surface area contributed by atoms with Gasteiger partial charge in [-0.3, -0.25) is 0 Å². The lowest BCUT2D eigenvalue weighted by Gasteiger charge is -2.17. The van der Waals surface area contributed by atoms with E-state index in [-0.39, 0.29) is 0 Å². The molecule has 3 aromatic rings. The first-order valence-electron chi connectivity index (χ1n) is 10.9. The number of rotatable bonds is 9. The van der Waals surface area contributed by atoms with Gasteiger partial charge >= 0.3 is 5.97 Å².